The summed E-state index contributed by atoms with van der Waals surface area (Å²) in [4.78, 5) is 18.7. The van der Waals surface area contributed by atoms with Crippen LogP contribution in [0.3, 0.4) is 0 Å². The first-order chi connectivity index (χ1) is 9.79. The normalized spacial score (nSPS) is 24.1. The number of carbonyl (C=O) groups excluding carboxylic acids is 1. The molecule has 1 aromatic rings. The molecule has 1 aromatic heterocycles. The number of amides is 1. The third kappa shape index (κ3) is 2.58. The molecule has 0 atom stereocenters. The van der Waals surface area contributed by atoms with Crippen molar-refractivity contribution in [3.05, 3.63) is 11.6 Å². The second-order valence-electron chi connectivity index (χ2n) is 6.66. The Kier molecular flexibility index (Phi) is 3.00. The number of hydrogen-bond donors (Lipinski definition) is 1. The van der Waals surface area contributed by atoms with E-state index in [-0.39, 0.29) is 0 Å². The smallest absolute Gasteiger partial charge is 0.225 e. The van der Waals surface area contributed by atoms with Gasteiger partial charge in [0.1, 0.15) is 5.82 Å². The zero-order chi connectivity index (χ0) is 13.5. The van der Waals surface area contributed by atoms with Gasteiger partial charge in [0.15, 0.2) is 5.82 Å². The summed E-state index contributed by atoms with van der Waals surface area (Å²) in [5, 5.41) is 7.41. The number of piperidine rings is 1. The predicted molar refractivity (Wildman–Crippen MR) is 74.1 cm³/mol. The van der Waals surface area contributed by atoms with Crippen LogP contribution >= 0.6 is 0 Å². The minimum absolute atomic E-state index is 0.363. The van der Waals surface area contributed by atoms with Gasteiger partial charge < -0.3 is 4.90 Å². The van der Waals surface area contributed by atoms with Crippen LogP contribution in [0, 0.1) is 11.8 Å². The lowest BCUT2D eigenvalue weighted by atomic mass is 9.93. The van der Waals surface area contributed by atoms with Crippen LogP contribution in [0.4, 0.5) is 0 Å². The summed E-state index contributed by atoms with van der Waals surface area (Å²) in [6.07, 6.45) is 7.93. The Bertz CT molecular complexity index is 496. The van der Waals surface area contributed by atoms with E-state index in [0.717, 1.165) is 56.8 Å². The average Bonchev–Trinajstić information content (AvgIpc) is 3.38. The van der Waals surface area contributed by atoms with Gasteiger partial charge in [0.2, 0.25) is 5.91 Å². The van der Waals surface area contributed by atoms with Gasteiger partial charge in [-0.05, 0) is 44.4 Å². The third-order valence-corrected chi connectivity index (χ3v) is 4.83. The highest BCUT2D eigenvalue weighted by molar-refractivity contribution is 5.81. The van der Waals surface area contributed by atoms with Crippen molar-refractivity contribution in [3.63, 3.8) is 0 Å². The summed E-state index contributed by atoms with van der Waals surface area (Å²) in [6, 6.07) is 0. The molecule has 1 N–H and O–H groups in total. The highest BCUT2D eigenvalue weighted by Gasteiger charge is 2.35. The van der Waals surface area contributed by atoms with Crippen LogP contribution in [-0.2, 0) is 11.2 Å². The average molecular weight is 274 g/mol. The predicted octanol–water partition coefficient (Wildman–Crippen LogP) is 1.87. The van der Waals surface area contributed by atoms with Crippen molar-refractivity contribution < 1.29 is 4.79 Å². The summed E-state index contributed by atoms with van der Waals surface area (Å²) in [6.45, 7) is 1.87. The Morgan fingerprint density at radius 3 is 2.55 bits per heavy atom. The first kappa shape index (κ1) is 12.4. The Balaban J connectivity index is 1.28. The van der Waals surface area contributed by atoms with Crippen molar-refractivity contribution in [2.45, 2.75) is 50.9 Å². The Labute approximate surface area is 119 Å². The SMILES string of the molecule is O=C(C1CC1)N1CCC(Cc2nc(C3CC3)n[nH]2)CC1. The van der Waals surface area contributed by atoms with Crippen LogP contribution in [-0.4, -0.2) is 39.1 Å². The molecular formula is C15H22N4O. The fourth-order valence-electron chi connectivity index (χ4n) is 3.14. The Hall–Kier alpha value is -1.39. The molecule has 2 saturated carbocycles. The quantitative estimate of drug-likeness (QED) is 0.911. The molecule has 0 aromatic carbocycles. The van der Waals surface area contributed by atoms with E-state index in [1.807, 2.05) is 0 Å². The molecule has 1 saturated heterocycles. The van der Waals surface area contributed by atoms with E-state index >= 15 is 0 Å². The molecule has 5 nitrogen and oxygen atoms in total. The van der Waals surface area contributed by atoms with E-state index in [4.69, 9.17) is 0 Å². The zero-order valence-electron chi connectivity index (χ0n) is 11.8. The maximum Gasteiger partial charge on any atom is 0.225 e. The fourth-order valence-corrected chi connectivity index (χ4v) is 3.14. The molecule has 2 aliphatic carbocycles. The standard InChI is InChI=1S/C15H22N4O/c20-15(12-3-4-12)19-7-5-10(6-8-19)9-13-16-14(18-17-13)11-1-2-11/h10-12H,1-9H2,(H,16,17,18). The molecule has 1 amide bonds. The molecular weight excluding hydrogens is 252 g/mol. The highest BCUT2D eigenvalue weighted by Crippen LogP contribution is 2.38. The highest BCUT2D eigenvalue weighted by atomic mass is 16.2. The van der Waals surface area contributed by atoms with Gasteiger partial charge in [-0.25, -0.2) is 4.98 Å². The van der Waals surface area contributed by atoms with Crippen LogP contribution in [0.1, 0.15) is 56.1 Å². The summed E-state index contributed by atoms with van der Waals surface area (Å²) in [7, 11) is 0. The van der Waals surface area contributed by atoms with Gasteiger partial charge in [-0.2, -0.15) is 5.10 Å². The van der Waals surface area contributed by atoms with E-state index < -0.39 is 0 Å². The van der Waals surface area contributed by atoms with Gasteiger partial charge in [-0.15, -0.1) is 0 Å². The summed E-state index contributed by atoms with van der Waals surface area (Å²) >= 11 is 0. The van der Waals surface area contributed by atoms with Crippen molar-refractivity contribution >= 4 is 5.91 Å². The number of nitrogens with one attached hydrogen (secondary N) is 1. The molecule has 108 valence electrons. The van der Waals surface area contributed by atoms with Gasteiger partial charge >= 0.3 is 0 Å². The second-order valence-corrected chi connectivity index (χ2v) is 6.66. The van der Waals surface area contributed by atoms with E-state index in [2.05, 4.69) is 20.1 Å². The summed E-state index contributed by atoms with van der Waals surface area (Å²) < 4.78 is 0. The molecule has 4 rings (SSSR count). The van der Waals surface area contributed by atoms with Crippen LogP contribution in [0.5, 0.6) is 0 Å². The molecule has 0 unspecified atom stereocenters. The lowest BCUT2D eigenvalue weighted by Crippen LogP contribution is -2.39. The van der Waals surface area contributed by atoms with E-state index in [9.17, 15) is 4.79 Å². The van der Waals surface area contributed by atoms with Crippen molar-refractivity contribution in [1.82, 2.24) is 20.1 Å². The number of aromatic amines is 1. The number of rotatable bonds is 4. The fraction of sp³-hybridized carbons (Fsp3) is 0.800. The minimum Gasteiger partial charge on any atom is -0.342 e. The maximum atomic E-state index is 12.0. The van der Waals surface area contributed by atoms with Gasteiger partial charge in [-0.1, -0.05) is 0 Å². The lowest BCUT2D eigenvalue weighted by Gasteiger charge is -2.31. The van der Waals surface area contributed by atoms with Crippen molar-refractivity contribution in [3.8, 4) is 0 Å². The maximum absolute atomic E-state index is 12.0. The first-order valence-corrected chi connectivity index (χ1v) is 7.99. The van der Waals surface area contributed by atoms with Crippen molar-refractivity contribution in [2.75, 3.05) is 13.1 Å². The molecule has 0 spiro atoms. The molecule has 3 aliphatic rings. The largest absolute Gasteiger partial charge is 0.342 e. The molecule has 2 heterocycles. The molecule has 0 bridgehead atoms. The zero-order valence-corrected chi connectivity index (χ0v) is 11.8. The number of aromatic nitrogens is 3. The first-order valence-electron chi connectivity index (χ1n) is 7.99. The van der Waals surface area contributed by atoms with E-state index in [0.29, 0.717) is 23.7 Å². The minimum atomic E-state index is 0.363. The Morgan fingerprint density at radius 2 is 1.90 bits per heavy atom. The number of H-pyrrole nitrogens is 1. The molecule has 5 heteroatoms. The number of hydrogen-bond acceptors (Lipinski definition) is 3. The molecule has 20 heavy (non-hydrogen) atoms. The Morgan fingerprint density at radius 1 is 1.15 bits per heavy atom. The van der Waals surface area contributed by atoms with Gasteiger partial charge in [0.05, 0.1) is 0 Å². The molecule has 0 radical (unpaired) electrons. The van der Waals surface area contributed by atoms with Gasteiger partial charge in [0, 0.05) is 31.3 Å². The third-order valence-electron chi connectivity index (χ3n) is 4.83. The van der Waals surface area contributed by atoms with Gasteiger partial charge in [0.25, 0.3) is 0 Å². The van der Waals surface area contributed by atoms with Gasteiger partial charge in [-0.3, -0.25) is 9.89 Å². The molecule has 3 fully saturated rings. The molecule has 1 aliphatic heterocycles. The lowest BCUT2D eigenvalue weighted by molar-refractivity contribution is -0.133. The second kappa shape index (κ2) is 4.86. The van der Waals surface area contributed by atoms with Crippen LogP contribution < -0.4 is 0 Å². The van der Waals surface area contributed by atoms with Crippen molar-refractivity contribution in [1.29, 1.82) is 0 Å². The number of likely N-dealkylation sites (tertiary alicyclic amines) is 1. The van der Waals surface area contributed by atoms with Crippen LogP contribution in [0.2, 0.25) is 0 Å². The van der Waals surface area contributed by atoms with E-state index in [1.54, 1.807) is 0 Å². The summed E-state index contributed by atoms with van der Waals surface area (Å²) in [5.41, 5.74) is 0. The van der Waals surface area contributed by atoms with Crippen LogP contribution in [0.25, 0.3) is 0 Å². The monoisotopic (exact) mass is 274 g/mol. The number of nitrogens with zero attached hydrogens (tertiary/aromatic N) is 3. The van der Waals surface area contributed by atoms with Crippen LogP contribution in [0.15, 0.2) is 0 Å². The topological polar surface area (TPSA) is 61.9 Å². The van der Waals surface area contributed by atoms with Crippen molar-refractivity contribution in [2.24, 2.45) is 11.8 Å². The number of carbonyl (C=O) groups is 1. The summed E-state index contributed by atoms with van der Waals surface area (Å²) in [5.74, 6) is 4.09. The van der Waals surface area contributed by atoms with E-state index in [1.165, 1.54) is 12.8 Å².